The molecule has 1 unspecified atom stereocenters. The molecule has 1 amide bonds. The average Bonchev–Trinajstić information content (AvgIpc) is 2.68. The van der Waals surface area contributed by atoms with E-state index in [9.17, 15) is 9.59 Å². The van der Waals surface area contributed by atoms with Crippen LogP contribution in [0.15, 0.2) is 30.3 Å². The normalized spacial score (nSPS) is 23.9. The molecule has 0 bridgehead atoms. The largest absolute Gasteiger partial charge is 0.313 e. The highest BCUT2D eigenvalue weighted by Gasteiger charge is 2.36. The van der Waals surface area contributed by atoms with Crippen molar-refractivity contribution < 1.29 is 14.1 Å². The Balaban J connectivity index is 1.95. The Labute approximate surface area is 102 Å². The van der Waals surface area contributed by atoms with Gasteiger partial charge < -0.3 is 0 Å². The molecule has 1 saturated heterocycles. The van der Waals surface area contributed by atoms with Crippen molar-refractivity contribution in [2.45, 2.75) is 19.3 Å². The zero-order chi connectivity index (χ0) is 12.3. The molecule has 0 spiro atoms. The Hall–Kier alpha value is -1.48. The molecule has 17 heavy (non-hydrogen) atoms. The molecule has 3 heteroatoms. The number of rotatable bonds is 4. The number of quaternary nitrogens is 1. The third-order valence-corrected chi connectivity index (χ3v) is 3.57. The minimum atomic E-state index is 0.129. The monoisotopic (exact) mass is 232 g/mol. The number of ketones is 1. The number of carbonyl (C=O) groups is 2. The first kappa shape index (κ1) is 12.0. The second-order valence-corrected chi connectivity index (χ2v) is 4.88. The second-order valence-electron chi connectivity index (χ2n) is 4.88. The lowest BCUT2D eigenvalue weighted by Gasteiger charge is -2.25. The van der Waals surface area contributed by atoms with Gasteiger partial charge in [-0.15, -0.1) is 0 Å². The van der Waals surface area contributed by atoms with Crippen LogP contribution in [-0.4, -0.2) is 36.3 Å². The van der Waals surface area contributed by atoms with Gasteiger partial charge in [0.2, 0.25) is 0 Å². The molecule has 1 aromatic rings. The van der Waals surface area contributed by atoms with Gasteiger partial charge in [-0.05, 0) is 0 Å². The van der Waals surface area contributed by atoms with E-state index in [0.717, 1.165) is 18.5 Å². The van der Waals surface area contributed by atoms with Crippen LogP contribution in [0.25, 0.3) is 0 Å². The van der Waals surface area contributed by atoms with Gasteiger partial charge in [-0.2, -0.15) is 0 Å². The number of amides is 1. The van der Waals surface area contributed by atoms with Crippen molar-refractivity contribution in [1.82, 2.24) is 0 Å². The second kappa shape index (κ2) is 4.80. The van der Waals surface area contributed by atoms with Crippen LogP contribution in [0, 0.1) is 0 Å². The molecule has 0 saturated carbocycles. The Bertz CT molecular complexity index is 427. The topological polar surface area (TPSA) is 34.1 Å². The molecule has 1 aliphatic rings. The van der Waals surface area contributed by atoms with Crippen molar-refractivity contribution in [2.24, 2.45) is 0 Å². The lowest BCUT2D eigenvalue weighted by atomic mass is 10.1. The molecular formula is C14H18NO2+. The molecule has 1 aliphatic heterocycles. The maximum atomic E-state index is 11.9. The predicted molar refractivity (Wildman–Crippen MR) is 65.5 cm³/mol. The molecule has 90 valence electrons. The van der Waals surface area contributed by atoms with Crippen LogP contribution in [0.3, 0.4) is 0 Å². The van der Waals surface area contributed by atoms with E-state index < -0.39 is 0 Å². The summed E-state index contributed by atoms with van der Waals surface area (Å²) in [6, 6.07) is 9.28. The van der Waals surface area contributed by atoms with Crippen molar-refractivity contribution >= 4 is 11.7 Å². The van der Waals surface area contributed by atoms with Crippen molar-refractivity contribution in [3.05, 3.63) is 35.9 Å². The van der Waals surface area contributed by atoms with E-state index in [-0.39, 0.29) is 11.7 Å². The fraction of sp³-hybridized carbons (Fsp3) is 0.429. The first-order chi connectivity index (χ1) is 8.12. The maximum Gasteiger partial charge on any atom is 0.313 e. The van der Waals surface area contributed by atoms with Gasteiger partial charge in [0.15, 0.2) is 5.78 Å². The van der Waals surface area contributed by atoms with E-state index in [0.29, 0.717) is 23.9 Å². The number of benzene rings is 1. The quantitative estimate of drug-likeness (QED) is 0.588. The summed E-state index contributed by atoms with van der Waals surface area (Å²) in [6.07, 6.45) is 2.07. The van der Waals surface area contributed by atoms with E-state index >= 15 is 0 Å². The summed E-state index contributed by atoms with van der Waals surface area (Å²) < 4.78 is 0.429. The maximum absolute atomic E-state index is 11.9. The van der Waals surface area contributed by atoms with Crippen molar-refractivity contribution in [3.63, 3.8) is 0 Å². The van der Waals surface area contributed by atoms with Gasteiger partial charge in [-0.25, -0.2) is 4.79 Å². The molecule has 0 radical (unpaired) electrons. The van der Waals surface area contributed by atoms with E-state index in [1.54, 1.807) is 0 Å². The minimum absolute atomic E-state index is 0.129. The van der Waals surface area contributed by atoms with Crippen LogP contribution < -0.4 is 0 Å². The Morgan fingerprint density at radius 2 is 2.00 bits per heavy atom. The number of likely N-dealkylation sites (tertiary alicyclic amines) is 1. The summed E-state index contributed by atoms with van der Waals surface area (Å²) in [5.41, 5.74) is 0.741. The van der Waals surface area contributed by atoms with Crippen LogP contribution in [-0.2, 0) is 4.79 Å². The first-order valence-corrected chi connectivity index (χ1v) is 6.08. The third kappa shape index (κ3) is 2.61. The number of Topliss-reactive ketones (excluding diaryl/α,β-unsaturated/α-hetero) is 1. The molecule has 1 atom stereocenters. The Morgan fingerprint density at radius 1 is 1.29 bits per heavy atom. The molecule has 3 nitrogen and oxygen atoms in total. The summed E-state index contributed by atoms with van der Waals surface area (Å²) in [7, 11) is 1.94. The molecule has 0 aromatic heterocycles. The van der Waals surface area contributed by atoms with Crippen LogP contribution in [0.2, 0.25) is 0 Å². The summed E-state index contributed by atoms with van der Waals surface area (Å²) in [4.78, 5) is 23.6. The highest BCUT2D eigenvalue weighted by molar-refractivity contribution is 5.96. The zero-order valence-electron chi connectivity index (χ0n) is 10.2. The molecular weight excluding hydrogens is 214 g/mol. The highest BCUT2D eigenvalue weighted by atomic mass is 16.2. The Morgan fingerprint density at radius 3 is 2.59 bits per heavy atom. The van der Waals surface area contributed by atoms with Crippen molar-refractivity contribution in [3.8, 4) is 0 Å². The van der Waals surface area contributed by atoms with Gasteiger partial charge in [-0.1, -0.05) is 30.3 Å². The number of hydrogen-bond acceptors (Lipinski definition) is 2. The van der Waals surface area contributed by atoms with Crippen LogP contribution >= 0.6 is 0 Å². The standard InChI is InChI=1S/C14H18NO2/c1-15(10-5-8-14(15)17)11-9-13(16)12-6-3-2-4-7-12/h2-4,6-7H,5,8-11H2,1H3/q+1. The zero-order valence-corrected chi connectivity index (χ0v) is 10.2. The highest BCUT2D eigenvalue weighted by Crippen LogP contribution is 2.19. The summed E-state index contributed by atoms with van der Waals surface area (Å²) in [6.45, 7) is 1.51. The summed E-state index contributed by atoms with van der Waals surface area (Å²) in [5.74, 6) is 0.399. The van der Waals surface area contributed by atoms with Crippen LogP contribution in [0.5, 0.6) is 0 Å². The lowest BCUT2D eigenvalue weighted by molar-refractivity contribution is -0.825. The molecule has 1 aromatic carbocycles. The summed E-state index contributed by atoms with van der Waals surface area (Å²) >= 11 is 0. The van der Waals surface area contributed by atoms with Gasteiger partial charge >= 0.3 is 5.91 Å². The predicted octanol–water partition coefficient (Wildman–Crippen LogP) is 2.03. The SMILES string of the molecule is C[N+]1(CCC(=O)c2ccccc2)CCCC1=O. The van der Waals surface area contributed by atoms with Gasteiger partial charge in [0.05, 0.1) is 33.0 Å². The van der Waals surface area contributed by atoms with Crippen LogP contribution in [0.4, 0.5) is 0 Å². The van der Waals surface area contributed by atoms with Gasteiger partial charge in [-0.3, -0.25) is 9.28 Å². The molecule has 1 fully saturated rings. The Kier molecular flexibility index (Phi) is 3.38. The average molecular weight is 232 g/mol. The lowest BCUT2D eigenvalue weighted by Crippen LogP contribution is -2.46. The fourth-order valence-corrected chi connectivity index (χ4v) is 2.33. The smallest absolute Gasteiger partial charge is 0.294 e. The molecule has 0 aliphatic carbocycles. The summed E-state index contributed by atoms with van der Waals surface area (Å²) in [5, 5.41) is 0. The van der Waals surface area contributed by atoms with Gasteiger partial charge in [0, 0.05) is 12.0 Å². The van der Waals surface area contributed by atoms with Crippen molar-refractivity contribution in [1.29, 1.82) is 0 Å². The minimum Gasteiger partial charge on any atom is -0.294 e. The molecule has 1 heterocycles. The molecule has 0 N–H and O–H groups in total. The van der Waals surface area contributed by atoms with E-state index in [1.807, 2.05) is 37.4 Å². The molecule has 2 rings (SSSR count). The fourth-order valence-electron chi connectivity index (χ4n) is 2.33. The van der Waals surface area contributed by atoms with E-state index in [2.05, 4.69) is 0 Å². The van der Waals surface area contributed by atoms with Gasteiger partial charge in [0.1, 0.15) is 0 Å². The van der Waals surface area contributed by atoms with Crippen molar-refractivity contribution in [2.75, 3.05) is 20.1 Å². The first-order valence-electron chi connectivity index (χ1n) is 6.08. The van der Waals surface area contributed by atoms with E-state index in [1.165, 1.54) is 0 Å². The van der Waals surface area contributed by atoms with Crippen LogP contribution in [0.1, 0.15) is 29.6 Å². The third-order valence-electron chi connectivity index (χ3n) is 3.57. The van der Waals surface area contributed by atoms with E-state index in [4.69, 9.17) is 0 Å². The number of hydrogen-bond donors (Lipinski definition) is 0. The number of nitrogens with zero attached hydrogens (tertiary/aromatic N) is 1. The number of carbonyl (C=O) groups excluding carboxylic acids is 2. The van der Waals surface area contributed by atoms with Gasteiger partial charge in [0.25, 0.3) is 0 Å².